The van der Waals surface area contributed by atoms with E-state index in [1.54, 1.807) is 6.07 Å². The third kappa shape index (κ3) is 3.23. The molecule has 0 spiro atoms. The minimum absolute atomic E-state index is 0.0745. The van der Waals surface area contributed by atoms with Crippen molar-refractivity contribution in [3.63, 3.8) is 0 Å². The summed E-state index contributed by atoms with van der Waals surface area (Å²) in [6.45, 7) is 2.34. The molecule has 0 aliphatic carbocycles. The minimum atomic E-state index is -0.398. The van der Waals surface area contributed by atoms with Crippen molar-refractivity contribution in [3.8, 4) is 0 Å². The highest BCUT2D eigenvalue weighted by molar-refractivity contribution is 6.30. The monoisotopic (exact) mass is 276 g/mol. The maximum Gasteiger partial charge on any atom is 0.274 e. The van der Waals surface area contributed by atoms with Crippen LogP contribution in [0, 0.1) is 17.0 Å². The van der Waals surface area contributed by atoms with Crippen LogP contribution in [0.15, 0.2) is 42.5 Å². The molecule has 1 N–H and O–H groups in total. The smallest absolute Gasteiger partial charge is 0.274 e. The fourth-order valence-corrected chi connectivity index (χ4v) is 2.03. The van der Waals surface area contributed by atoms with Crippen molar-refractivity contribution >= 4 is 23.0 Å². The van der Waals surface area contributed by atoms with Crippen molar-refractivity contribution in [3.05, 3.63) is 68.7 Å². The molecular weight excluding hydrogens is 264 g/mol. The first kappa shape index (κ1) is 13.4. The second kappa shape index (κ2) is 5.71. The lowest BCUT2D eigenvalue weighted by Crippen LogP contribution is -2.04. The Labute approximate surface area is 116 Å². The van der Waals surface area contributed by atoms with Crippen LogP contribution in [0.5, 0.6) is 0 Å². The van der Waals surface area contributed by atoms with Crippen molar-refractivity contribution in [2.24, 2.45) is 0 Å². The molecule has 0 aliphatic rings. The van der Waals surface area contributed by atoms with E-state index in [9.17, 15) is 10.1 Å². The Kier molecular flexibility index (Phi) is 4.02. The van der Waals surface area contributed by atoms with Crippen molar-refractivity contribution in [1.29, 1.82) is 0 Å². The summed E-state index contributed by atoms with van der Waals surface area (Å²) in [4.78, 5) is 10.5. The van der Waals surface area contributed by atoms with Gasteiger partial charge in [-0.25, -0.2) is 0 Å². The normalized spacial score (nSPS) is 10.2. The summed E-state index contributed by atoms with van der Waals surface area (Å²) in [6, 6.07) is 12.4. The molecule has 0 heterocycles. The summed E-state index contributed by atoms with van der Waals surface area (Å²) in [5.41, 5.74) is 2.69. The van der Waals surface area contributed by atoms with Gasteiger partial charge in [-0.15, -0.1) is 0 Å². The van der Waals surface area contributed by atoms with Gasteiger partial charge in [-0.2, -0.15) is 0 Å². The number of nitrogens with zero attached hydrogens (tertiary/aromatic N) is 1. The van der Waals surface area contributed by atoms with Gasteiger partial charge in [0.2, 0.25) is 0 Å². The second-order valence-corrected chi connectivity index (χ2v) is 4.64. The first-order valence-electron chi connectivity index (χ1n) is 5.80. The third-order valence-corrected chi connectivity index (χ3v) is 3.09. The van der Waals surface area contributed by atoms with Crippen molar-refractivity contribution < 1.29 is 4.92 Å². The van der Waals surface area contributed by atoms with Crippen LogP contribution < -0.4 is 5.32 Å². The van der Waals surface area contributed by atoms with Gasteiger partial charge in [0.15, 0.2) is 0 Å². The average Bonchev–Trinajstić information content (AvgIpc) is 2.37. The molecule has 0 bridgehead atoms. The van der Waals surface area contributed by atoms with Gasteiger partial charge in [0.25, 0.3) is 5.69 Å². The first-order chi connectivity index (χ1) is 9.08. The average molecular weight is 277 g/mol. The van der Waals surface area contributed by atoms with Crippen LogP contribution in [0.1, 0.15) is 11.1 Å². The zero-order valence-electron chi connectivity index (χ0n) is 10.4. The zero-order valence-corrected chi connectivity index (χ0v) is 11.1. The van der Waals surface area contributed by atoms with Gasteiger partial charge in [-0.3, -0.25) is 10.1 Å². The molecule has 0 radical (unpaired) electrons. The van der Waals surface area contributed by atoms with E-state index >= 15 is 0 Å². The summed E-state index contributed by atoms with van der Waals surface area (Å²) in [5.74, 6) is 0. The predicted octanol–water partition coefficient (Wildman–Crippen LogP) is 4.17. The lowest BCUT2D eigenvalue weighted by atomic mass is 10.1. The zero-order chi connectivity index (χ0) is 13.8. The van der Waals surface area contributed by atoms with Gasteiger partial charge in [0.1, 0.15) is 0 Å². The quantitative estimate of drug-likeness (QED) is 0.673. The molecule has 0 saturated heterocycles. The maximum atomic E-state index is 10.9. The van der Waals surface area contributed by atoms with E-state index in [2.05, 4.69) is 5.32 Å². The number of aryl methyl sites for hydroxylation is 1. The predicted molar refractivity (Wildman–Crippen MR) is 76.6 cm³/mol. The number of hydrogen-bond donors (Lipinski definition) is 1. The molecule has 2 rings (SSSR count). The third-order valence-electron chi connectivity index (χ3n) is 2.85. The van der Waals surface area contributed by atoms with Crippen LogP contribution in [0.3, 0.4) is 0 Å². The number of halogens is 1. The molecule has 0 saturated carbocycles. The number of benzene rings is 2. The Morgan fingerprint density at radius 2 is 2.00 bits per heavy atom. The van der Waals surface area contributed by atoms with E-state index in [4.69, 9.17) is 11.6 Å². The van der Waals surface area contributed by atoms with E-state index in [1.165, 1.54) is 12.1 Å². The van der Waals surface area contributed by atoms with Crippen molar-refractivity contribution in [2.45, 2.75) is 13.5 Å². The highest BCUT2D eigenvalue weighted by Crippen LogP contribution is 2.24. The summed E-state index contributed by atoms with van der Waals surface area (Å²) in [6.07, 6.45) is 0. The van der Waals surface area contributed by atoms with Gasteiger partial charge in [-0.1, -0.05) is 29.8 Å². The Balaban J connectivity index is 2.22. The molecule has 19 heavy (non-hydrogen) atoms. The Morgan fingerprint density at radius 1 is 1.26 bits per heavy atom. The van der Waals surface area contributed by atoms with E-state index in [-0.39, 0.29) is 5.69 Å². The number of anilines is 1. The molecular formula is C14H13ClN2O2. The molecule has 5 heteroatoms. The maximum absolute atomic E-state index is 10.9. The molecule has 0 fully saturated rings. The standard InChI is InChI=1S/C14H13ClN2O2/c1-10-4-2-3-5-13(10)16-9-11-8-12(15)6-7-14(11)17(18)19/h2-8,16H,9H2,1H3. The molecule has 0 amide bonds. The van der Waals surface area contributed by atoms with E-state index in [0.29, 0.717) is 17.1 Å². The summed E-state index contributed by atoms with van der Waals surface area (Å²) in [5, 5.41) is 14.6. The number of nitrogens with one attached hydrogen (secondary N) is 1. The molecule has 4 nitrogen and oxygen atoms in total. The molecule has 2 aromatic rings. The second-order valence-electron chi connectivity index (χ2n) is 4.20. The summed E-state index contributed by atoms with van der Waals surface area (Å²) >= 11 is 5.88. The van der Waals surface area contributed by atoms with Crippen LogP contribution in [-0.2, 0) is 6.54 Å². The van der Waals surface area contributed by atoms with Crippen LogP contribution in [0.2, 0.25) is 5.02 Å². The van der Waals surface area contributed by atoms with Gasteiger partial charge >= 0.3 is 0 Å². The van der Waals surface area contributed by atoms with Crippen molar-refractivity contribution in [2.75, 3.05) is 5.32 Å². The molecule has 0 atom stereocenters. The molecule has 2 aromatic carbocycles. The lowest BCUT2D eigenvalue weighted by Gasteiger charge is -2.09. The number of hydrogen-bond acceptors (Lipinski definition) is 3. The van der Waals surface area contributed by atoms with Crippen LogP contribution in [0.25, 0.3) is 0 Å². The fraction of sp³-hybridized carbons (Fsp3) is 0.143. The van der Waals surface area contributed by atoms with Gasteiger partial charge < -0.3 is 5.32 Å². The number of nitro groups is 1. The molecule has 0 aromatic heterocycles. The van der Waals surface area contributed by atoms with Gasteiger partial charge in [0.05, 0.1) is 10.5 Å². The van der Waals surface area contributed by atoms with Gasteiger partial charge in [0, 0.05) is 23.3 Å². The van der Waals surface area contributed by atoms with E-state index in [0.717, 1.165) is 11.3 Å². The van der Waals surface area contributed by atoms with E-state index in [1.807, 2.05) is 31.2 Å². The number of rotatable bonds is 4. The fourth-order valence-electron chi connectivity index (χ4n) is 1.84. The SMILES string of the molecule is Cc1ccccc1NCc1cc(Cl)ccc1[N+](=O)[O-]. The van der Waals surface area contributed by atoms with E-state index < -0.39 is 4.92 Å². The number of nitro benzene ring substituents is 1. The Bertz CT molecular complexity index is 614. The van der Waals surface area contributed by atoms with Crippen LogP contribution in [-0.4, -0.2) is 4.92 Å². The highest BCUT2D eigenvalue weighted by Gasteiger charge is 2.13. The largest absolute Gasteiger partial charge is 0.380 e. The molecule has 0 unspecified atom stereocenters. The Morgan fingerprint density at radius 3 is 2.68 bits per heavy atom. The summed E-state index contributed by atoms with van der Waals surface area (Å²) in [7, 11) is 0. The first-order valence-corrected chi connectivity index (χ1v) is 6.18. The lowest BCUT2D eigenvalue weighted by molar-refractivity contribution is -0.385. The van der Waals surface area contributed by atoms with Crippen LogP contribution >= 0.6 is 11.6 Å². The molecule has 98 valence electrons. The van der Waals surface area contributed by atoms with Crippen molar-refractivity contribution in [1.82, 2.24) is 0 Å². The molecule has 0 aliphatic heterocycles. The minimum Gasteiger partial charge on any atom is -0.380 e. The number of para-hydroxylation sites is 1. The van der Waals surface area contributed by atoms with Crippen LogP contribution in [0.4, 0.5) is 11.4 Å². The topological polar surface area (TPSA) is 55.2 Å². The Hall–Kier alpha value is -2.07. The highest BCUT2D eigenvalue weighted by atomic mass is 35.5. The van der Waals surface area contributed by atoms with Gasteiger partial charge in [-0.05, 0) is 30.7 Å². The summed E-state index contributed by atoms with van der Waals surface area (Å²) < 4.78 is 0.